The highest BCUT2D eigenvalue weighted by Gasteiger charge is 2.24. The lowest BCUT2D eigenvalue weighted by Crippen LogP contribution is -2.37. The largest absolute Gasteiger partial charge is 0.334 e. The van der Waals surface area contributed by atoms with E-state index < -0.39 is 0 Å². The first-order valence-corrected chi connectivity index (χ1v) is 7.04. The van der Waals surface area contributed by atoms with Gasteiger partial charge in [-0.2, -0.15) is 0 Å². The Kier molecular flexibility index (Phi) is 3.71. The number of hydrogen-bond acceptors (Lipinski definition) is 2. The van der Waals surface area contributed by atoms with E-state index in [-0.39, 0.29) is 24.8 Å². The average Bonchev–Trinajstić information content (AvgIpc) is 2.52. The van der Waals surface area contributed by atoms with E-state index in [0.717, 1.165) is 17.5 Å². The predicted molar refractivity (Wildman–Crippen MR) is 79.2 cm³/mol. The summed E-state index contributed by atoms with van der Waals surface area (Å²) < 4.78 is 14.2. The summed E-state index contributed by atoms with van der Waals surface area (Å²) in [5, 5.41) is 0. The smallest absolute Gasteiger partial charge is 0.254 e. The van der Waals surface area contributed by atoms with E-state index in [2.05, 4.69) is 0 Å². The van der Waals surface area contributed by atoms with Crippen LogP contribution in [0.3, 0.4) is 0 Å². The van der Waals surface area contributed by atoms with Gasteiger partial charge in [0.25, 0.3) is 5.91 Å². The van der Waals surface area contributed by atoms with E-state index in [1.807, 2.05) is 24.3 Å². The van der Waals surface area contributed by atoms with E-state index in [4.69, 9.17) is 5.73 Å². The van der Waals surface area contributed by atoms with Crippen LogP contribution in [0.4, 0.5) is 4.39 Å². The van der Waals surface area contributed by atoms with Gasteiger partial charge in [0.15, 0.2) is 0 Å². The van der Waals surface area contributed by atoms with Crippen molar-refractivity contribution in [1.29, 1.82) is 0 Å². The molecule has 2 aromatic carbocycles. The zero-order chi connectivity index (χ0) is 14.8. The highest BCUT2D eigenvalue weighted by Crippen LogP contribution is 2.22. The Labute approximate surface area is 123 Å². The molecule has 2 N–H and O–H groups in total. The highest BCUT2D eigenvalue weighted by atomic mass is 19.1. The molecule has 21 heavy (non-hydrogen) atoms. The molecule has 0 saturated carbocycles. The fourth-order valence-electron chi connectivity index (χ4n) is 2.74. The van der Waals surface area contributed by atoms with Gasteiger partial charge in [0.05, 0.1) is 0 Å². The Bertz CT molecular complexity index is 684. The molecule has 0 unspecified atom stereocenters. The Morgan fingerprint density at radius 2 is 1.86 bits per heavy atom. The maximum absolute atomic E-state index is 14.2. The molecule has 1 heterocycles. The molecule has 0 aromatic heterocycles. The van der Waals surface area contributed by atoms with Gasteiger partial charge in [0.1, 0.15) is 5.82 Å². The van der Waals surface area contributed by atoms with E-state index in [1.54, 1.807) is 23.1 Å². The Hall–Kier alpha value is -2.20. The van der Waals surface area contributed by atoms with Crippen LogP contribution in [0.1, 0.15) is 27.0 Å². The Morgan fingerprint density at radius 1 is 1.10 bits per heavy atom. The number of rotatable bonds is 3. The van der Waals surface area contributed by atoms with Crippen LogP contribution >= 0.6 is 0 Å². The van der Waals surface area contributed by atoms with Crippen molar-refractivity contribution in [3.8, 4) is 0 Å². The third-order valence-electron chi connectivity index (χ3n) is 3.93. The molecule has 1 aliphatic rings. The number of amides is 1. The first-order valence-electron chi connectivity index (χ1n) is 7.04. The number of nitrogens with two attached hydrogens (primary N) is 1. The van der Waals surface area contributed by atoms with Gasteiger partial charge >= 0.3 is 0 Å². The molecule has 0 atom stereocenters. The van der Waals surface area contributed by atoms with Gasteiger partial charge in [0, 0.05) is 36.3 Å². The molecule has 3 rings (SSSR count). The summed E-state index contributed by atoms with van der Waals surface area (Å²) in [6, 6.07) is 12.8. The SMILES string of the molecule is NCc1cccc(CN2CCc3ccccc3C2=O)c1F. The molecule has 108 valence electrons. The van der Waals surface area contributed by atoms with E-state index >= 15 is 0 Å². The number of halogens is 1. The van der Waals surface area contributed by atoms with Crippen LogP contribution in [0.2, 0.25) is 0 Å². The summed E-state index contributed by atoms with van der Waals surface area (Å²) in [7, 11) is 0. The standard InChI is InChI=1S/C17H17FN2O/c18-16-13(10-19)5-3-6-14(16)11-20-9-8-12-4-1-2-7-15(12)17(20)21/h1-7H,8-11,19H2. The minimum atomic E-state index is -0.299. The first-order chi connectivity index (χ1) is 10.2. The molecule has 4 heteroatoms. The third kappa shape index (κ3) is 2.54. The number of nitrogens with zero attached hydrogens (tertiary/aromatic N) is 1. The summed E-state index contributed by atoms with van der Waals surface area (Å²) >= 11 is 0. The second-order valence-corrected chi connectivity index (χ2v) is 5.23. The van der Waals surface area contributed by atoms with Crippen molar-refractivity contribution in [3.05, 3.63) is 70.5 Å². The highest BCUT2D eigenvalue weighted by molar-refractivity contribution is 5.96. The van der Waals surface area contributed by atoms with Crippen LogP contribution < -0.4 is 5.73 Å². The van der Waals surface area contributed by atoms with Crippen LogP contribution in [0.25, 0.3) is 0 Å². The van der Waals surface area contributed by atoms with Crippen molar-refractivity contribution < 1.29 is 9.18 Å². The summed E-state index contributed by atoms with van der Waals surface area (Å²) in [6.45, 7) is 1.06. The van der Waals surface area contributed by atoms with E-state index in [9.17, 15) is 9.18 Å². The van der Waals surface area contributed by atoms with Gasteiger partial charge < -0.3 is 10.6 Å². The van der Waals surface area contributed by atoms with Gasteiger partial charge in [0.2, 0.25) is 0 Å². The molecule has 3 nitrogen and oxygen atoms in total. The van der Waals surface area contributed by atoms with E-state index in [0.29, 0.717) is 17.7 Å². The summed E-state index contributed by atoms with van der Waals surface area (Å²) in [6.07, 6.45) is 0.806. The van der Waals surface area contributed by atoms with Crippen molar-refractivity contribution in [2.24, 2.45) is 5.73 Å². The van der Waals surface area contributed by atoms with Crippen molar-refractivity contribution in [3.63, 3.8) is 0 Å². The van der Waals surface area contributed by atoms with Crippen molar-refractivity contribution >= 4 is 5.91 Å². The van der Waals surface area contributed by atoms with Gasteiger partial charge in [-0.05, 0) is 18.1 Å². The van der Waals surface area contributed by atoms with Gasteiger partial charge in [-0.25, -0.2) is 4.39 Å². The fourth-order valence-corrected chi connectivity index (χ4v) is 2.74. The molecule has 0 bridgehead atoms. The lowest BCUT2D eigenvalue weighted by Gasteiger charge is -2.29. The van der Waals surface area contributed by atoms with Crippen molar-refractivity contribution in [2.75, 3.05) is 6.54 Å². The number of hydrogen-bond donors (Lipinski definition) is 1. The Morgan fingerprint density at radius 3 is 2.67 bits per heavy atom. The molecule has 0 fully saturated rings. The lowest BCUT2D eigenvalue weighted by atomic mass is 9.98. The molecular weight excluding hydrogens is 267 g/mol. The number of carbonyl (C=O) groups excluding carboxylic acids is 1. The monoisotopic (exact) mass is 284 g/mol. The molecule has 0 saturated heterocycles. The first kappa shape index (κ1) is 13.8. The lowest BCUT2D eigenvalue weighted by molar-refractivity contribution is 0.0725. The third-order valence-corrected chi connectivity index (χ3v) is 3.93. The normalized spacial score (nSPS) is 14.2. The molecule has 0 aliphatic carbocycles. The van der Waals surface area contributed by atoms with Gasteiger partial charge in [-0.1, -0.05) is 36.4 Å². The second kappa shape index (κ2) is 5.66. The zero-order valence-corrected chi connectivity index (χ0v) is 11.7. The molecular formula is C17H17FN2O. The molecule has 2 aromatic rings. The van der Waals surface area contributed by atoms with Crippen LogP contribution in [0, 0.1) is 5.82 Å². The minimum Gasteiger partial charge on any atom is -0.334 e. The maximum Gasteiger partial charge on any atom is 0.254 e. The number of fused-ring (bicyclic) bond motifs is 1. The number of carbonyl (C=O) groups is 1. The second-order valence-electron chi connectivity index (χ2n) is 5.23. The molecule has 0 radical (unpaired) electrons. The molecule has 1 aliphatic heterocycles. The quantitative estimate of drug-likeness (QED) is 0.941. The fraction of sp³-hybridized carbons (Fsp3) is 0.235. The minimum absolute atomic E-state index is 0.0330. The molecule has 1 amide bonds. The van der Waals surface area contributed by atoms with Gasteiger partial charge in [-0.3, -0.25) is 4.79 Å². The maximum atomic E-state index is 14.2. The summed E-state index contributed by atoms with van der Waals surface area (Å²) in [5.74, 6) is -0.332. The van der Waals surface area contributed by atoms with E-state index in [1.165, 1.54) is 0 Å². The summed E-state index contributed by atoms with van der Waals surface area (Å²) in [5.41, 5.74) is 8.31. The summed E-state index contributed by atoms with van der Waals surface area (Å²) in [4.78, 5) is 14.2. The van der Waals surface area contributed by atoms with Crippen LogP contribution in [-0.2, 0) is 19.5 Å². The zero-order valence-electron chi connectivity index (χ0n) is 11.7. The topological polar surface area (TPSA) is 46.3 Å². The van der Waals surface area contributed by atoms with Crippen LogP contribution in [-0.4, -0.2) is 17.4 Å². The molecule has 0 spiro atoms. The van der Waals surface area contributed by atoms with Crippen LogP contribution in [0.5, 0.6) is 0 Å². The number of benzene rings is 2. The van der Waals surface area contributed by atoms with Gasteiger partial charge in [-0.15, -0.1) is 0 Å². The van der Waals surface area contributed by atoms with Crippen molar-refractivity contribution in [1.82, 2.24) is 4.90 Å². The average molecular weight is 284 g/mol. The predicted octanol–water partition coefficient (Wildman–Crippen LogP) is 2.48. The van der Waals surface area contributed by atoms with Crippen molar-refractivity contribution in [2.45, 2.75) is 19.5 Å². The Balaban J connectivity index is 1.86. The van der Waals surface area contributed by atoms with Crippen LogP contribution in [0.15, 0.2) is 42.5 Å².